The lowest BCUT2D eigenvalue weighted by Crippen LogP contribution is -2.26. The van der Waals surface area contributed by atoms with Crippen LogP contribution in [0.15, 0.2) is 35.0 Å². The second-order valence-corrected chi connectivity index (χ2v) is 5.61. The van der Waals surface area contributed by atoms with Crippen molar-refractivity contribution in [2.75, 3.05) is 11.9 Å². The maximum atomic E-state index is 11.3. The first-order valence-electron chi connectivity index (χ1n) is 6.53. The average molecular weight is 288 g/mol. The molecule has 2 aromatic rings. The lowest BCUT2D eigenvalue weighted by Gasteiger charge is -2.20. The number of carbonyl (C=O) groups excluding carboxylic acids is 1. The molecule has 0 saturated heterocycles. The number of nitrogens with one attached hydrogen (secondary N) is 2. The van der Waals surface area contributed by atoms with Gasteiger partial charge in [0.1, 0.15) is 5.75 Å². The van der Waals surface area contributed by atoms with Crippen molar-refractivity contribution >= 4 is 22.9 Å². The number of hydrogen-bond acceptors (Lipinski definition) is 4. The molecule has 1 atom stereocenters. The molecule has 2 N–H and O–H groups in total. The molecule has 5 heteroatoms. The molecule has 0 fully saturated rings. The number of thiophene rings is 1. The van der Waals surface area contributed by atoms with Gasteiger partial charge in [-0.25, -0.2) is 0 Å². The first-order valence-corrected chi connectivity index (χ1v) is 7.48. The predicted molar refractivity (Wildman–Crippen MR) is 80.1 cm³/mol. The van der Waals surface area contributed by atoms with E-state index in [0.29, 0.717) is 0 Å². The summed E-state index contributed by atoms with van der Waals surface area (Å²) in [6, 6.07) is 8.23. The average Bonchev–Trinajstić information content (AvgIpc) is 2.97. The highest BCUT2D eigenvalue weighted by atomic mass is 32.1. The number of amides is 1. The number of fused-ring (bicyclic) bond motifs is 1. The van der Waals surface area contributed by atoms with Crippen LogP contribution in [0.5, 0.6) is 5.75 Å². The summed E-state index contributed by atoms with van der Waals surface area (Å²) in [7, 11) is 0. The SMILES string of the molecule is C[C@H](NCc1ccsc1)c1ccc2c(c1)NC(=O)CO2. The number of carbonyl (C=O) groups is 1. The molecule has 1 aliphatic heterocycles. The van der Waals surface area contributed by atoms with Crippen LogP contribution in [-0.2, 0) is 11.3 Å². The van der Waals surface area contributed by atoms with E-state index >= 15 is 0 Å². The van der Waals surface area contributed by atoms with Gasteiger partial charge < -0.3 is 15.4 Å². The molecule has 0 spiro atoms. The van der Waals surface area contributed by atoms with E-state index in [-0.39, 0.29) is 18.6 Å². The Balaban J connectivity index is 1.70. The molecule has 0 unspecified atom stereocenters. The standard InChI is InChI=1S/C15H16N2O2S/c1-10(16-7-11-4-5-20-9-11)12-2-3-14-13(6-12)17-15(18)8-19-14/h2-6,9-10,16H,7-8H2,1H3,(H,17,18)/t10-/m0/s1. The smallest absolute Gasteiger partial charge is 0.262 e. The molecule has 0 saturated carbocycles. The van der Waals surface area contributed by atoms with E-state index in [4.69, 9.17) is 4.74 Å². The van der Waals surface area contributed by atoms with Gasteiger partial charge in [0.25, 0.3) is 5.91 Å². The van der Waals surface area contributed by atoms with Crippen LogP contribution in [-0.4, -0.2) is 12.5 Å². The van der Waals surface area contributed by atoms with E-state index in [2.05, 4.69) is 34.4 Å². The summed E-state index contributed by atoms with van der Waals surface area (Å²) in [4.78, 5) is 11.3. The predicted octanol–water partition coefficient (Wildman–Crippen LogP) is 2.93. The summed E-state index contributed by atoms with van der Waals surface area (Å²) in [6.45, 7) is 3.04. The fourth-order valence-corrected chi connectivity index (χ4v) is 2.82. The summed E-state index contributed by atoms with van der Waals surface area (Å²) in [5.41, 5.74) is 3.17. The van der Waals surface area contributed by atoms with Crippen LogP contribution in [0.3, 0.4) is 0 Å². The van der Waals surface area contributed by atoms with Gasteiger partial charge in [0.2, 0.25) is 0 Å². The van der Waals surface area contributed by atoms with Crippen molar-refractivity contribution < 1.29 is 9.53 Å². The fourth-order valence-electron chi connectivity index (χ4n) is 2.15. The van der Waals surface area contributed by atoms with Crippen molar-refractivity contribution in [3.8, 4) is 5.75 Å². The van der Waals surface area contributed by atoms with Crippen LogP contribution in [0, 0.1) is 0 Å². The number of hydrogen-bond donors (Lipinski definition) is 2. The van der Waals surface area contributed by atoms with Gasteiger partial charge in [0.15, 0.2) is 6.61 Å². The summed E-state index contributed by atoms with van der Waals surface area (Å²) in [5, 5.41) is 10.5. The Kier molecular flexibility index (Phi) is 3.71. The summed E-state index contributed by atoms with van der Waals surface area (Å²) in [5.74, 6) is 0.631. The molecule has 0 aliphatic carbocycles. The first kappa shape index (κ1) is 13.1. The van der Waals surface area contributed by atoms with Gasteiger partial charge in [0.05, 0.1) is 5.69 Å². The van der Waals surface area contributed by atoms with Gasteiger partial charge in [0, 0.05) is 12.6 Å². The zero-order chi connectivity index (χ0) is 13.9. The third-order valence-electron chi connectivity index (χ3n) is 3.33. The lowest BCUT2D eigenvalue weighted by atomic mass is 10.1. The van der Waals surface area contributed by atoms with Gasteiger partial charge in [-0.1, -0.05) is 6.07 Å². The highest BCUT2D eigenvalue weighted by Crippen LogP contribution is 2.30. The second kappa shape index (κ2) is 5.64. The Morgan fingerprint density at radius 1 is 1.45 bits per heavy atom. The molecule has 0 radical (unpaired) electrons. The highest BCUT2D eigenvalue weighted by molar-refractivity contribution is 7.07. The van der Waals surface area contributed by atoms with Crippen molar-refractivity contribution in [1.82, 2.24) is 5.32 Å². The zero-order valence-corrected chi connectivity index (χ0v) is 12.0. The number of anilines is 1. The van der Waals surface area contributed by atoms with Gasteiger partial charge in [-0.15, -0.1) is 0 Å². The van der Waals surface area contributed by atoms with Gasteiger partial charge in [-0.3, -0.25) is 4.79 Å². The molecule has 1 aromatic carbocycles. The van der Waals surface area contributed by atoms with Crippen molar-refractivity contribution in [2.45, 2.75) is 19.5 Å². The van der Waals surface area contributed by atoms with Crippen molar-refractivity contribution in [3.63, 3.8) is 0 Å². The largest absolute Gasteiger partial charge is 0.482 e. The number of rotatable bonds is 4. The van der Waals surface area contributed by atoms with E-state index in [9.17, 15) is 4.79 Å². The Labute approximate surface area is 121 Å². The monoisotopic (exact) mass is 288 g/mol. The van der Waals surface area contributed by atoms with Gasteiger partial charge in [-0.2, -0.15) is 11.3 Å². The van der Waals surface area contributed by atoms with Crippen LogP contribution in [0.4, 0.5) is 5.69 Å². The third kappa shape index (κ3) is 2.84. The van der Waals surface area contributed by atoms with Crippen molar-refractivity contribution in [2.24, 2.45) is 0 Å². The Bertz CT molecular complexity index is 610. The topological polar surface area (TPSA) is 50.4 Å². The minimum absolute atomic E-state index is 0.0955. The van der Waals surface area contributed by atoms with Crippen LogP contribution in [0.25, 0.3) is 0 Å². The first-order chi connectivity index (χ1) is 9.72. The Hall–Kier alpha value is -1.85. The molecule has 104 valence electrons. The molecule has 2 heterocycles. The minimum Gasteiger partial charge on any atom is -0.482 e. The van der Waals surface area contributed by atoms with Gasteiger partial charge >= 0.3 is 0 Å². The lowest BCUT2D eigenvalue weighted by molar-refractivity contribution is -0.118. The third-order valence-corrected chi connectivity index (χ3v) is 4.06. The molecule has 0 bridgehead atoms. The quantitative estimate of drug-likeness (QED) is 0.909. The van der Waals surface area contributed by atoms with E-state index in [1.807, 2.05) is 18.2 Å². The summed E-state index contributed by atoms with van der Waals surface area (Å²) >= 11 is 1.70. The Morgan fingerprint density at radius 2 is 2.35 bits per heavy atom. The highest BCUT2D eigenvalue weighted by Gasteiger charge is 2.17. The molecule has 3 rings (SSSR count). The van der Waals surface area contributed by atoms with E-state index < -0.39 is 0 Å². The molecular weight excluding hydrogens is 272 g/mol. The van der Waals surface area contributed by atoms with Crippen molar-refractivity contribution in [3.05, 3.63) is 46.2 Å². The Morgan fingerprint density at radius 3 is 3.15 bits per heavy atom. The number of ether oxygens (including phenoxy) is 1. The van der Waals surface area contributed by atoms with E-state index in [1.54, 1.807) is 11.3 Å². The van der Waals surface area contributed by atoms with Gasteiger partial charge in [-0.05, 0) is 47.0 Å². The van der Waals surface area contributed by atoms with Crippen LogP contribution in [0.2, 0.25) is 0 Å². The summed E-state index contributed by atoms with van der Waals surface area (Å²) < 4.78 is 5.36. The molecular formula is C15H16N2O2S. The zero-order valence-electron chi connectivity index (χ0n) is 11.2. The van der Waals surface area contributed by atoms with Crippen molar-refractivity contribution in [1.29, 1.82) is 0 Å². The van der Waals surface area contributed by atoms with Crippen LogP contribution in [0.1, 0.15) is 24.1 Å². The molecule has 1 aliphatic rings. The molecule has 1 amide bonds. The maximum Gasteiger partial charge on any atom is 0.262 e. The normalized spacial score (nSPS) is 15.2. The molecule has 20 heavy (non-hydrogen) atoms. The molecule has 4 nitrogen and oxygen atoms in total. The van der Waals surface area contributed by atoms with Crippen LogP contribution < -0.4 is 15.4 Å². The second-order valence-electron chi connectivity index (χ2n) is 4.83. The van der Waals surface area contributed by atoms with E-state index in [1.165, 1.54) is 5.56 Å². The van der Waals surface area contributed by atoms with Crippen LogP contribution >= 0.6 is 11.3 Å². The maximum absolute atomic E-state index is 11.3. The molecule has 1 aromatic heterocycles. The van der Waals surface area contributed by atoms with E-state index in [0.717, 1.165) is 23.5 Å². The number of benzene rings is 1. The fraction of sp³-hybridized carbons (Fsp3) is 0.267. The minimum atomic E-state index is -0.103. The summed E-state index contributed by atoms with van der Waals surface area (Å²) in [6.07, 6.45) is 0.